The maximum absolute atomic E-state index is 13.1. The molecule has 0 aliphatic heterocycles. The summed E-state index contributed by atoms with van der Waals surface area (Å²) in [5.74, 6) is -1.53. The van der Waals surface area contributed by atoms with Gasteiger partial charge in [-0.05, 0) is 30.5 Å². The number of halogens is 3. The van der Waals surface area contributed by atoms with Crippen LogP contribution in [-0.4, -0.2) is 4.83 Å². The summed E-state index contributed by atoms with van der Waals surface area (Å²) in [5, 5.41) is 0. The van der Waals surface area contributed by atoms with Gasteiger partial charge in [-0.2, -0.15) is 0 Å². The standard InChI is InChI=1S/C16H23BrF2/c1-2-3-4-5-6-7-8-14(17)11-13-9-10-15(18)16(19)12-13/h9-10,12,14H,2-8,11H2,1H3. The van der Waals surface area contributed by atoms with Crippen LogP contribution in [0, 0.1) is 11.6 Å². The average molecular weight is 333 g/mol. The summed E-state index contributed by atoms with van der Waals surface area (Å²) in [7, 11) is 0. The first-order valence-corrected chi connectivity index (χ1v) is 8.13. The van der Waals surface area contributed by atoms with E-state index in [1.807, 2.05) is 0 Å². The first kappa shape index (κ1) is 16.6. The van der Waals surface area contributed by atoms with Crippen molar-refractivity contribution in [3.05, 3.63) is 35.4 Å². The van der Waals surface area contributed by atoms with Crippen LogP contribution in [0.25, 0.3) is 0 Å². The summed E-state index contributed by atoms with van der Waals surface area (Å²) >= 11 is 3.62. The van der Waals surface area contributed by atoms with Crippen LogP contribution in [0.5, 0.6) is 0 Å². The number of rotatable bonds is 9. The Balaban J connectivity index is 2.19. The Hall–Kier alpha value is -0.440. The topological polar surface area (TPSA) is 0 Å². The normalized spacial score (nSPS) is 12.6. The predicted molar refractivity (Wildman–Crippen MR) is 80.8 cm³/mol. The molecule has 1 aromatic rings. The van der Waals surface area contributed by atoms with Crippen LogP contribution in [0.3, 0.4) is 0 Å². The lowest BCUT2D eigenvalue weighted by Gasteiger charge is -2.10. The van der Waals surface area contributed by atoms with Crippen molar-refractivity contribution in [2.75, 3.05) is 0 Å². The molecule has 19 heavy (non-hydrogen) atoms. The van der Waals surface area contributed by atoms with Crippen molar-refractivity contribution < 1.29 is 8.78 Å². The minimum absolute atomic E-state index is 0.350. The van der Waals surface area contributed by atoms with E-state index in [0.717, 1.165) is 18.4 Å². The number of unbranched alkanes of at least 4 members (excludes halogenated alkanes) is 5. The van der Waals surface area contributed by atoms with Gasteiger partial charge in [0.15, 0.2) is 11.6 Å². The molecule has 0 bridgehead atoms. The second kappa shape index (κ2) is 9.46. The fourth-order valence-corrected chi connectivity index (χ4v) is 2.87. The highest BCUT2D eigenvalue weighted by Gasteiger charge is 2.08. The first-order valence-electron chi connectivity index (χ1n) is 7.21. The molecule has 1 rings (SSSR count). The van der Waals surface area contributed by atoms with Gasteiger partial charge in [-0.3, -0.25) is 0 Å². The fourth-order valence-electron chi connectivity index (χ4n) is 2.17. The third-order valence-electron chi connectivity index (χ3n) is 3.31. The van der Waals surface area contributed by atoms with Crippen molar-refractivity contribution in [3.63, 3.8) is 0 Å². The van der Waals surface area contributed by atoms with Crippen molar-refractivity contribution >= 4 is 15.9 Å². The van der Waals surface area contributed by atoms with E-state index in [0.29, 0.717) is 4.83 Å². The zero-order valence-electron chi connectivity index (χ0n) is 11.6. The predicted octanol–water partition coefficient (Wildman–Crippen LogP) is 6.02. The Labute approximate surface area is 123 Å². The van der Waals surface area contributed by atoms with Gasteiger partial charge in [0.05, 0.1) is 0 Å². The molecule has 0 fully saturated rings. The molecule has 0 heterocycles. The van der Waals surface area contributed by atoms with Gasteiger partial charge >= 0.3 is 0 Å². The molecule has 1 unspecified atom stereocenters. The van der Waals surface area contributed by atoms with Crippen molar-refractivity contribution in [2.45, 2.75) is 63.1 Å². The molecule has 0 aliphatic carbocycles. The summed E-state index contributed by atoms with van der Waals surface area (Å²) in [6, 6.07) is 4.16. The van der Waals surface area contributed by atoms with Crippen LogP contribution in [0.15, 0.2) is 18.2 Å². The van der Waals surface area contributed by atoms with Gasteiger partial charge in [-0.25, -0.2) is 8.78 Å². The second-order valence-electron chi connectivity index (χ2n) is 5.11. The lowest BCUT2D eigenvalue weighted by atomic mass is 10.0. The number of hydrogen-bond donors (Lipinski definition) is 0. The van der Waals surface area contributed by atoms with Gasteiger partial charge in [-0.15, -0.1) is 0 Å². The van der Waals surface area contributed by atoms with Gasteiger partial charge in [-0.1, -0.05) is 67.4 Å². The second-order valence-corrected chi connectivity index (χ2v) is 6.40. The summed E-state index contributed by atoms with van der Waals surface area (Å²) in [6.07, 6.45) is 9.54. The Kier molecular flexibility index (Phi) is 8.27. The van der Waals surface area contributed by atoms with Gasteiger partial charge in [0.2, 0.25) is 0 Å². The third kappa shape index (κ3) is 7.05. The van der Waals surface area contributed by atoms with E-state index in [2.05, 4.69) is 22.9 Å². The lowest BCUT2D eigenvalue weighted by Crippen LogP contribution is -2.03. The molecule has 0 saturated carbocycles. The van der Waals surface area contributed by atoms with E-state index in [1.54, 1.807) is 6.07 Å². The van der Waals surface area contributed by atoms with E-state index >= 15 is 0 Å². The molecule has 0 amide bonds. The molecule has 0 aromatic heterocycles. The van der Waals surface area contributed by atoms with E-state index in [1.165, 1.54) is 50.7 Å². The van der Waals surface area contributed by atoms with Gasteiger partial charge in [0, 0.05) is 4.83 Å². The Morgan fingerprint density at radius 3 is 2.37 bits per heavy atom. The zero-order valence-corrected chi connectivity index (χ0v) is 13.2. The van der Waals surface area contributed by atoms with Crippen LogP contribution >= 0.6 is 15.9 Å². The molecule has 0 radical (unpaired) electrons. The van der Waals surface area contributed by atoms with Gasteiger partial charge in [0.1, 0.15) is 0 Å². The van der Waals surface area contributed by atoms with E-state index in [4.69, 9.17) is 0 Å². The molecular weight excluding hydrogens is 310 g/mol. The number of alkyl halides is 1. The number of benzene rings is 1. The lowest BCUT2D eigenvalue weighted by molar-refractivity contribution is 0.506. The smallest absolute Gasteiger partial charge is 0.159 e. The van der Waals surface area contributed by atoms with Crippen LogP contribution < -0.4 is 0 Å². The first-order chi connectivity index (χ1) is 9.13. The molecule has 3 heteroatoms. The Morgan fingerprint density at radius 2 is 1.68 bits per heavy atom. The maximum Gasteiger partial charge on any atom is 0.159 e. The molecule has 1 atom stereocenters. The summed E-state index contributed by atoms with van der Waals surface area (Å²) in [4.78, 5) is 0.350. The number of hydrogen-bond acceptors (Lipinski definition) is 0. The van der Waals surface area contributed by atoms with Crippen LogP contribution in [0.1, 0.15) is 57.4 Å². The van der Waals surface area contributed by atoms with Crippen LogP contribution in [-0.2, 0) is 6.42 Å². The van der Waals surface area contributed by atoms with Crippen molar-refractivity contribution in [1.82, 2.24) is 0 Å². The quantitative estimate of drug-likeness (QED) is 0.383. The Morgan fingerprint density at radius 1 is 1.00 bits per heavy atom. The summed E-state index contributed by atoms with van der Waals surface area (Å²) in [5.41, 5.74) is 0.853. The average Bonchev–Trinajstić information content (AvgIpc) is 2.38. The highest BCUT2D eigenvalue weighted by Crippen LogP contribution is 2.19. The highest BCUT2D eigenvalue weighted by molar-refractivity contribution is 9.09. The monoisotopic (exact) mass is 332 g/mol. The van der Waals surface area contributed by atoms with Crippen molar-refractivity contribution in [3.8, 4) is 0 Å². The van der Waals surface area contributed by atoms with E-state index in [9.17, 15) is 8.78 Å². The highest BCUT2D eigenvalue weighted by atomic mass is 79.9. The molecule has 0 spiro atoms. The van der Waals surface area contributed by atoms with Crippen LogP contribution in [0.2, 0.25) is 0 Å². The SMILES string of the molecule is CCCCCCCCC(Br)Cc1ccc(F)c(F)c1. The zero-order chi connectivity index (χ0) is 14.1. The molecular formula is C16H23BrF2. The summed E-state index contributed by atoms with van der Waals surface area (Å²) < 4.78 is 25.9. The fraction of sp³-hybridized carbons (Fsp3) is 0.625. The largest absolute Gasteiger partial charge is 0.204 e. The molecule has 0 aliphatic rings. The van der Waals surface area contributed by atoms with Crippen LogP contribution in [0.4, 0.5) is 8.78 Å². The van der Waals surface area contributed by atoms with Gasteiger partial charge in [0.25, 0.3) is 0 Å². The molecule has 0 nitrogen and oxygen atoms in total. The molecule has 0 saturated heterocycles. The molecule has 0 N–H and O–H groups in total. The Bertz CT molecular complexity index is 366. The third-order valence-corrected chi connectivity index (χ3v) is 4.09. The molecule has 108 valence electrons. The maximum atomic E-state index is 13.1. The van der Waals surface area contributed by atoms with E-state index < -0.39 is 11.6 Å². The van der Waals surface area contributed by atoms with Crippen molar-refractivity contribution in [1.29, 1.82) is 0 Å². The minimum Gasteiger partial charge on any atom is -0.204 e. The van der Waals surface area contributed by atoms with Gasteiger partial charge < -0.3 is 0 Å². The van der Waals surface area contributed by atoms with Crippen molar-refractivity contribution in [2.24, 2.45) is 0 Å². The molecule has 1 aromatic carbocycles. The minimum atomic E-state index is -0.772. The van der Waals surface area contributed by atoms with E-state index in [-0.39, 0.29) is 0 Å². The summed E-state index contributed by atoms with van der Waals surface area (Å²) in [6.45, 7) is 2.22.